The number of pyridine rings is 1. The molecule has 0 saturated carbocycles. The predicted octanol–water partition coefficient (Wildman–Crippen LogP) is 2.60. The number of likely N-dealkylation sites (N-methyl/N-ethyl adjacent to an activating group) is 2. The molecule has 0 saturated heterocycles. The Labute approximate surface area is 112 Å². The maximum Gasteiger partial charge on any atom is 0.0547 e. The number of rotatable bonds is 8. The van der Waals surface area contributed by atoms with Crippen molar-refractivity contribution in [1.82, 2.24) is 15.2 Å². The van der Waals surface area contributed by atoms with E-state index in [2.05, 4.69) is 48.1 Å². The number of hydrogen-bond acceptors (Lipinski definition) is 3. The van der Waals surface area contributed by atoms with Crippen LogP contribution in [0.2, 0.25) is 0 Å². The van der Waals surface area contributed by atoms with Crippen molar-refractivity contribution in [3.05, 3.63) is 29.6 Å². The monoisotopic (exact) mass is 249 g/mol. The molecule has 1 atom stereocenters. The van der Waals surface area contributed by atoms with Gasteiger partial charge in [-0.15, -0.1) is 0 Å². The van der Waals surface area contributed by atoms with Crippen molar-refractivity contribution in [2.75, 3.05) is 19.6 Å². The van der Waals surface area contributed by atoms with Crippen molar-refractivity contribution < 1.29 is 0 Å². The molecule has 1 heterocycles. The molecule has 1 aromatic heterocycles. The Hall–Kier alpha value is -0.930. The summed E-state index contributed by atoms with van der Waals surface area (Å²) in [7, 11) is 0. The van der Waals surface area contributed by atoms with Crippen LogP contribution in [0, 0.1) is 6.92 Å². The molecule has 3 heteroatoms. The summed E-state index contributed by atoms with van der Waals surface area (Å²) in [5.74, 6) is 0. The molecule has 0 aliphatic rings. The highest BCUT2D eigenvalue weighted by Gasteiger charge is 2.11. The molecule has 102 valence electrons. The van der Waals surface area contributed by atoms with Crippen molar-refractivity contribution in [3.8, 4) is 0 Å². The lowest BCUT2D eigenvalue weighted by Crippen LogP contribution is -2.40. The predicted molar refractivity (Wildman–Crippen MR) is 77.7 cm³/mol. The van der Waals surface area contributed by atoms with Crippen molar-refractivity contribution in [1.29, 1.82) is 0 Å². The van der Waals surface area contributed by atoms with Gasteiger partial charge < -0.3 is 5.32 Å². The van der Waals surface area contributed by atoms with Crippen LogP contribution in [0.15, 0.2) is 18.2 Å². The van der Waals surface area contributed by atoms with Crippen LogP contribution in [0.4, 0.5) is 0 Å². The van der Waals surface area contributed by atoms with E-state index in [1.807, 2.05) is 13.0 Å². The van der Waals surface area contributed by atoms with Gasteiger partial charge >= 0.3 is 0 Å². The number of nitrogens with zero attached hydrogens (tertiary/aromatic N) is 2. The first-order valence-electron chi connectivity index (χ1n) is 7.07. The first-order valence-corrected chi connectivity index (χ1v) is 7.07. The first kappa shape index (κ1) is 15.1. The maximum absolute atomic E-state index is 4.58. The highest BCUT2D eigenvalue weighted by molar-refractivity contribution is 5.09. The Bertz CT molecular complexity index is 338. The lowest BCUT2D eigenvalue weighted by Gasteiger charge is -2.26. The molecule has 1 N–H and O–H groups in total. The van der Waals surface area contributed by atoms with E-state index in [0.717, 1.165) is 31.9 Å². The van der Waals surface area contributed by atoms with E-state index in [0.29, 0.717) is 6.04 Å². The molecule has 0 aliphatic heterocycles. The van der Waals surface area contributed by atoms with Crippen LogP contribution in [0.3, 0.4) is 0 Å². The standard InChI is InChI=1S/C15H27N3/c1-5-14(16-6-2)11-18(7-3)12-15-10-8-9-13(4)17-15/h8-10,14,16H,5-7,11-12H2,1-4H3. The fourth-order valence-electron chi connectivity index (χ4n) is 2.16. The number of aryl methyl sites for hydroxylation is 1. The third-order valence-corrected chi connectivity index (χ3v) is 3.24. The van der Waals surface area contributed by atoms with E-state index in [1.165, 1.54) is 12.1 Å². The number of nitrogens with one attached hydrogen (secondary N) is 1. The zero-order valence-corrected chi connectivity index (χ0v) is 12.2. The maximum atomic E-state index is 4.58. The second-order valence-corrected chi connectivity index (χ2v) is 4.76. The summed E-state index contributed by atoms with van der Waals surface area (Å²) < 4.78 is 0. The smallest absolute Gasteiger partial charge is 0.0547 e. The number of hydrogen-bond donors (Lipinski definition) is 1. The van der Waals surface area contributed by atoms with Gasteiger partial charge in [-0.2, -0.15) is 0 Å². The summed E-state index contributed by atoms with van der Waals surface area (Å²) in [6.07, 6.45) is 1.17. The zero-order chi connectivity index (χ0) is 13.4. The molecule has 3 nitrogen and oxygen atoms in total. The van der Waals surface area contributed by atoms with Crippen LogP contribution >= 0.6 is 0 Å². The van der Waals surface area contributed by atoms with Crippen molar-refractivity contribution in [2.24, 2.45) is 0 Å². The molecular weight excluding hydrogens is 222 g/mol. The Balaban J connectivity index is 2.55. The molecule has 0 aliphatic carbocycles. The molecule has 0 amide bonds. The summed E-state index contributed by atoms with van der Waals surface area (Å²) in [5.41, 5.74) is 2.27. The van der Waals surface area contributed by atoms with E-state index in [4.69, 9.17) is 0 Å². The Morgan fingerprint density at radius 2 is 2.06 bits per heavy atom. The van der Waals surface area contributed by atoms with Gasteiger partial charge in [0.05, 0.1) is 5.69 Å². The Kier molecular flexibility index (Phi) is 6.91. The van der Waals surface area contributed by atoms with Crippen LogP contribution in [-0.4, -0.2) is 35.6 Å². The largest absolute Gasteiger partial charge is 0.313 e. The van der Waals surface area contributed by atoms with Crippen LogP contribution in [-0.2, 0) is 6.54 Å². The minimum Gasteiger partial charge on any atom is -0.313 e. The van der Waals surface area contributed by atoms with E-state index >= 15 is 0 Å². The molecular formula is C15H27N3. The van der Waals surface area contributed by atoms with E-state index in [-0.39, 0.29) is 0 Å². The highest BCUT2D eigenvalue weighted by atomic mass is 15.1. The fourth-order valence-corrected chi connectivity index (χ4v) is 2.16. The Morgan fingerprint density at radius 3 is 2.61 bits per heavy atom. The van der Waals surface area contributed by atoms with Gasteiger partial charge in [0, 0.05) is 24.8 Å². The second-order valence-electron chi connectivity index (χ2n) is 4.76. The summed E-state index contributed by atoms with van der Waals surface area (Å²) in [6, 6.07) is 6.84. The van der Waals surface area contributed by atoms with Gasteiger partial charge in [-0.3, -0.25) is 9.88 Å². The topological polar surface area (TPSA) is 28.2 Å². The fraction of sp³-hybridized carbons (Fsp3) is 0.667. The molecule has 0 aromatic carbocycles. The quantitative estimate of drug-likeness (QED) is 0.767. The van der Waals surface area contributed by atoms with Gasteiger partial charge in [0.1, 0.15) is 0 Å². The number of aromatic nitrogens is 1. The van der Waals surface area contributed by atoms with Crippen LogP contribution in [0.5, 0.6) is 0 Å². The van der Waals surface area contributed by atoms with Crippen LogP contribution in [0.25, 0.3) is 0 Å². The molecule has 1 unspecified atom stereocenters. The normalized spacial score (nSPS) is 12.9. The van der Waals surface area contributed by atoms with Crippen molar-refractivity contribution in [3.63, 3.8) is 0 Å². The van der Waals surface area contributed by atoms with Crippen molar-refractivity contribution in [2.45, 2.75) is 46.7 Å². The summed E-state index contributed by atoms with van der Waals surface area (Å²) in [4.78, 5) is 7.03. The van der Waals surface area contributed by atoms with Crippen molar-refractivity contribution >= 4 is 0 Å². The minimum atomic E-state index is 0.583. The van der Waals surface area contributed by atoms with Gasteiger partial charge in [-0.25, -0.2) is 0 Å². The van der Waals surface area contributed by atoms with Gasteiger partial charge in [0.15, 0.2) is 0 Å². The lowest BCUT2D eigenvalue weighted by molar-refractivity contribution is 0.240. The molecule has 18 heavy (non-hydrogen) atoms. The van der Waals surface area contributed by atoms with Crippen LogP contribution < -0.4 is 5.32 Å². The van der Waals surface area contributed by atoms with E-state index in [9.17, 15) is 0 Å². The molecule has 0 radical (unpaired) electrons. The molecule has 0 fully saturated rings. The third kappa shape index (κ3) is 5.15. The van der Waals surface area contributed by atoms with E-state index in [1.54, 1.807) is 0 Å². The summed E-state index contributed by atoms with van der Waals surface area (Å²) >= 11 is 0. The third-order valence-electron chi connectivity index (χ3n) is 3.24. The molecule has 0 spiro atoms. The first-order chi connectivity index (χ1) is 8.69. The Morgan fingerprint density at radius 1 is 1.28 bits per heavy atom. The average Bonchev–Trinajstić information content (AvgIpc) is 2.37. The van der Waals surface area contributed by atoms with E-state index < -0.39 is 0 Å². The highest BCUT2D eigenvalue weighted by Crippen LogP contribution is 2.05. The molecule has 1 rings (SSSR count). The van der Waals surface area contributed by atoms with Gasteiger partial charge in [-0.05, 0) is 38.6 Å². The van der Waals surface area contributed by atoms with Gasteiger partial charge in [0.2, 0.25) is 0 Å². The van der Waals surface area contributed by atoms with Gasteiger partial charge in [0.25, 0.3) is 0 Å². The minimum absolute atomic E-state index is 0.583. The SMILES string of the molecule is CCNC(CC)CN(CC)Cc1cccc(C)n1. The lowest BCUT2D eigenvalue weighted by atomic mass is 10.2. The summed E-state index contributed by atoms with van der Waals surface area (Å²) in [5, 5.41) is 3.53. The summed E-state index contributed by atoms with van der Waals surface area (Å²) in [6.45, 7) is 12.8. The second kappa shape index (κ2) is 8.22. The molecule has 1 aromatic rings. The van der Waals surface area contributed by atoms with Crippen LogP contribution in [0.1, 0.15) is 38.6 Å². The van der Waals surface area contributed by atoms with Gasteiger partial charge in [-0.1, -0.05) is 26.8 Å². The molecule has 0 bridgehead atoms. The zero-order valence-electron chi connectivity index (χ0n) is 12.2. The average molecular weight is 249 g/mol.